The van der Waals surface area contributed by atoms with E-state index in [-0.39, 0.29) is 37.4 Å². The van der Waals surface area contributed by atoms with Crippen LogP contribution < -0.4 is 16.0 Å². The van der Waals surface area contributed by atoms with Gasteiger partial charge in [0.15, 0.2) is 0 Å². The van der Waals surface area contributed by atoms with Crippen molar-refractivity contribution in [1.82, 2.24) is 16.0 Å². The van der Waals surface area contributed by atoms with E-state index in [0.29, 0.717) is 19.4 Å². The summed E-state index contributed by atoms with van der Waals surface area (Å²) in [5.41, 5.74) is 0. The average Bonchev–Trinajstić information content (AvgIpc) is 2.37. The van der Waals surface area contributed by atoms with Crippen molar-refractivity contribution in [3.05, 3.63) is 0 Å². The van der Waals surface area contributed by atoms with Crippen LogP contribution in [0.25, 0.3) is 0 Å². The highest BCUT2D eigenvalue weighted by Gasteiger charge is 2.06. The highest BCUT2D eigenvalue weighted by molar-refractivity contribution is 5.78. The lowest BCUT2D eigenvalue weighted by Crippen LogP contribution is -2.39. The maximum atomic E-state index is 11.4. The lowest BCUT2D eigenvalue weighted by Gasteiger charge is -2.11. The summed E-state index contributed by atoms with van der Waals surface area (Å²) in [6, 6.07) is -0.192. The molecule has 20 heavy (non-hydrogen) atoms. The minimum absolute atomic E-state index is 0.0823. The first-order valence-electron chi connectivity index (χ1n) is 6.98. The van der Waals surface area contributed by atoms with Crippen molar-refractivity contribution < 1.29 is 19.5 Å². The number of carbonyl (C=O) groups is 3. The summed E-state index contributed by atoms with van der Waals surface area (Å²) >= 11 is 0. The van der Waals surface area contributed by atoms with Gasteiger partial charge >= 0.3 is 12.0 Å². The number of nitrogens with one attached hydrogen (secondary N) is 3. The number of hydrogen-bond donors (Lipinski definition) is 4. The van der Waals surface area contributed by atoms with Crippen LogP contribution in [-0.2, 0) is 9.59 Å². The number of unbranched alkanes of at least 4 members (excludes halogenated alkanes) is 1. The third-order valence-corrected chi connectivity index (χ3v) is 2.76. The Hall–Kier alpha value is -1.79. The van der Waals surface area contributed by atoms with Crippen molar-refractivity contribution in [1.29, 1.82) is 0 Å². The molecule has 0 radical (unpaired) electrons. The van der Waals surface area contributed by atoms with Crippen LogP contribution in [0.5, 0.6) is 0 Å². The standard InChI is InChI=1S/C13H25N3O4/c1-3-10(2)16-11(17)7-9-15-13(20)14-8-5-4-6-12(18)19/h10H,3-9H2,1-2H3,(H,16,17)(H,18,19)(H2,14,15,20). The molecule has 4 N–H and O–H groups in total. The summed E-state index contributed by atoms with van der Waals surface area (Å²) in [5.74, 6) is -0.914. The van der Waals surface area contributed by atoms with E-state index in [9.17, 15) is 14.4 Å². The predicted molar refractivity (Wildman–Crippen MR) is 75.4 cm³/mol. The molecule has 0 spiro atoms. The van der Waals surface area contributed by atoms with Gasteiger partial charge in [-0.2, -0.15) is 0 Å². The minimum atomic E-state index is -0.832. The molecule has 7 nitrogen and oxygen atoms in total. The van der Waals surface area contributed by atoms with Gasteiger partial charge in [-0.05, 0) is 26.2 Å². The molecule has 0 aromatic heterocycles. The molecule has 0 saturated carbocycles. The number of hydrogen-bond acceptors (Lipinski definition) is 3. The first-order valence-corrected chi connectivity index (χ1v) is 6.98. The molecule has 0 aliphatic heterocycles. The highest BCUT2D eigenvalue weighted by Crippen LogP contribution is 1.93. The van der Waals surface area contributed by atoms with Crippen molar-refractivity contribution in [3.8, 4) is 0 Å². The van der Waals surface area contributed by atoms with E-state index < -0.39 is 5.97 Å². The van der Waals surface area contributed by atoms with Gasteiger partial charge < -0.3 is 21.1 Å². The van der Waals surface area contributed by atoms with E-state index in [1.54, 1.807) is 0 Å². The highest BCUT2D eigenvalue weighted by atomic mass is 16.4. The second kappa shape index (κ2) is 11.1. The number of rotatable bonds is 10. The van der Waals surface area contributed by atoms with Crippen molar-refractivity contribution in [2.45, 2.75) is 52.0 Å². The van der Waals surface area contributed by atoms with E-state index in [1.807, 2.05) is 13.8 Å². The zero-order valence-corrected chi connectivity index (χ0v) is 12.2. The molecule has 3 amide bonds. The Morgan fingerprint density at radius 1 is 1.05 bits per heavy atom. The number of amides is 3. The molecule has 1 unspecified atom stereocenters. The molecule has 0 aliphatic rings. The van der Waals surface area contributed by atoms with Crippen LogP contribution in [0.15, 0.2) is 0 Å². The predicted octanol–water partition coefficient (Wildman–Crippen LogP) is 0.845. The third-order valence-electron chi connectivity index (χ3n) is 2.76. The SMILES string of the molecule is CCC(C)NC(=O)CCNC(=O)NCCCCC(=O)O. The van der Waals surface area contributed by atoms with Gasteiger partial charge in [0.2, 0.25) is 5.91 Å². The lowest BCUT2D eigenvalue weighted by molar-refractivity contribution is -0.137. The molecule has 0 bridgehead atoms. The minimum Gasteiger partial charge on any atom is -0.481 e. The number of carboxylic acid groups (broad SMARTS) is 1. The fourth-order valence-electron chi connectivity index (χ4n) is 1.40. The summed E-state index contributed by atoms with van der Waals surface area (Å²) in [5, 5.41) is 16.4. The van der Waals surface area contributed by atoms with E-state index in [0.717, 1.165) is 6.42 Å². The monoisotopic (exact) mass is 287 g/mol. The van der Waals surface area contributed by atoms with Crippen LogP contribution in [0, 0.1) is 0 Å². The van der Waals surface area contributed by atoms with Gasteiger partial charge in [-0.25, -0.2) is 4.79 Å². The fourth-order valence-corrected chi connectivity index (χ4v) is 1.40. The van der Waals surface area contributed by atoms with Gasteiger partial charge in [0.1, 0.15) is 0 Å². The Morgan fingerprint density at radius 3 is 2.30 bits per heavy atom. The van der Waals surface area contributed by atoms with Gasteiger partial charge in [-0.15, -0.1) is 0 Å². The van der Waals surface area contributed by atoms with Crippen LogP contribution in [0.2, 0.25) is 0 Å². The summed E-state index contributed by atoms with van der Waals surface area (Å²) < 4.78 is 0. The van der Waals surface area contributed by atoms with E-state index in [4.69, 9.17) is 5.11 Å². The molecule has 1 atom stereocenters. The van der Waals surface area contributed by atoms with Crippen molar-refractivity contribution in [3.63, 3.8) is 0 Å². The van der Waals surface area contributed by atoms with Crippen LogP contribution in [-0.4, -0.2) is 42.1 Å². The molecule has 116 valence electrons. The van der Waals surface area contributed by atoms with Crippen molar-refractivity contribution in [2.24, 2.45) is 0 Å². The smallest absolute Gasteiger partial charge is 0.314 e. The van der Waals surface area contributed by atoms with E-state index in [1.165, 1.54) is 0 Å². The first-order chi connectivity index (χ1) is 9.45. The first kappa shape index (κ1) is 18.2. The van der Waals surface area contributed by atoms with E-state index in [2.05, 4.69) is 16.0 Å². The van der Waals surface area contributed by atoms with Crippen molar-refractivity contribution >= 4 is 17.9 Å². The van der Waals surface area contributed by atoms with Crippen LogP contribution in [0.4, 0.5) is 4.79 Å². The molecule has 0 rings (SSSR count). The third kappa shape index (κ3) is 11.3. The Labute approximate surface area is 119 Å². The molecule has 0 aliphatic carbocycles. The van der Waals surface area contributed by atoms with Crippen LogP contribution in [0.1, 0.15) is 46.0 Å². The average molecular weight is 287 g/mol. The summed E-state index contributed by atoms with van der Waals surface area (Å²) in [6.07, 6.45) is 2.38. The van der Waals surface area contributed by atoms with Crippen LogP contribution in [0.3, 0.4) is 0 Å². The lowest BCUT2D eigenvalue weighted by atomic mass is 10.2. The quantitative estimate of drug-likeness (QED) is 0.447. The Balaban J connectivity index is 3.49. The molecular formula is C13H25N3O4. The second-order valence-electron chi connectivity index (χ2n) is 4.66. The van der Waals surface area contributed by atoms with Gasteiger partial charge in [0.25, 0.3) is 0 Å². The number of carboxylic acids is 1. The topological polar surface area (TPSA) is 108 Å². The summed E-state index contributed by atoms with van der Waals surface area (Å²) in [6.45, 7) is 4.62. The Bertz CT molecular complexity index is 321. The molecule has 0 aromatic carbocycles. The normalized spacial score (nSPS) is 11.5. The van der Waals surface area contributed by atoms with Gasteiger partial charge in [-0.1, -0.05) is 6.92 Å². The molecule has 7 heteroatoms. The number of carbonyl (C=O) groups excluding carboxylic acids is 2. The summed E-state index contributed by atoms with van der Waals surface area (Å²) in [4.78, 5) is 33.0. The maximum absolute atomic E-state index is 11.4. The van der Waals surface area contributed by atoms with Crippen molar-refractivity contribution in [2.75, 3.05) is 13.1 Å². The maximum Gasteiger partial charge on any atom is 0.314 e. The molecule has 0 aromatic rings. The molecule has 0 fully saturated rings. The number of urea groups is 1. The van der Waals surface area contributed by atoms with Gasteiger partial charge in [0, 0.05) is 32.0 Å². The van der Waals surface area contributed by atoms with Crippen LogP contribution >= 0.6 is 0 Å². The molecule has 0 saturated heterocycles. The second-order valence-corrected chi connectivity index (χ2v) is 4.66. The Kier molecular flexibility index (Phi) is 10.1. The summed E-state index contributed by atoms with van der Waals surface area (Å²) in [7, 11) is 0. The van der Waals surface area contributed by atoms with Gasteiger partial charge in [0.05, 0.1) is 0 Å². The zero-order valence-electron chi connectivity index (χ0n) is 12.2. The van der Waals surface area contributed by atoms with Gasteiger partial charge in [-0.3, -0.25) is 9.59 Å². The van der Waals surface area contributed by atoms with E-state index >= 15 is 0 Å². The largest absolute Gasteiger partial charge is 0.481 e. The molecular weight excluding hydrogens is 262 g/mol. The molecule has 0 heterocycles. The number of aliphatic carboxylic acids is 1. The Morgan fingerprint density at radius 2 is 1.70 bits per heavy atom. The fraction of sp³-hybridized carbons (Fsp3) is 0.769. The zero-order chi connectivity index (χ0) is 15.4.